The first-order valence-electron chi connectivity index (χ1n) is 52.6. The van der Waals surface area contributed by atoms with Crippen LogP contribution in [0.5, 0.6) is 0 Å². The summed E-state index contributed by atoms with van der Waals surface area (Å²) in [6.07, 6.45) is 58.9. The van der Waals surface area contributed by atoms with E-state index in [-0.39, 0.29) is 76.3 Å². The number of nitrogens with one attached hydrogen (secondary N) is 2. The Kier molecular flexibility index (Phi) is 75.3. The van der Waals surface area contributed by atoms with Gasteiger partial charge in [-0.1, -0.05) is 449 Å². The molecule has 1 saturated heterocycles. The minimum Gasteiger partial charge on any atom is -0.462 e. The van der Waals surface area contributed by atoms with Crippen LogP contribution in [0.25, 0.3) is 0 Å². The lowest BCUT2D eigenvalue weighted by molar-refractivity contribution is -0.271. The molecule has 2 aromatic rings. The van der Waals surface area contributed by atoms with Crippen LogP contribution in [0.4, 0.5) is 0 Å². The van der Waals surface area contributed by atoms with Crippen molar-refractivity contribution < 1.29 is 80.4 Å². The molecule has 0 radical (unpaired) electrons. The summed E-state index contributed by atoms with van der Waals surface area (Å²) in [6, 6.07) is 16.6. The number of rotatable bonds is 90. The number of unbranched alkanes of at least 4 members (excludes halogenated alkanes) is 54. The molecule has 2 amide bonds. The number of phosphoric ester groups is 1. The summed E-state index contributed by atoms with van der Waals surface area (Å²) in [4.78, 5) is 86.9. The maximum absolute atomic E-state index is 15.8. The van der Waals surface area contributed by atoms with E-state index in [9.17, 15) is 24.3 Å². The lowest BCUT2D eigenvalue weighted by atomic mass is 9.96. The number of amides is 2. The van der Waals surface area contributed by atoms with Gasteiger partial charge in [-0.25, -0.2) is 4.57 Å². The standard InChI is InChI=1S/C106H187N2O17P/c1-7-13-19-25-31-37-40-46-52-58-70-80-99(112)120-93(77-67-55-49-43-34-28-22-16-10-4)85-97(110)107-83-84-117-106-103(108-98(111)86-94(78-68-56-50-44-35-29-23-17-11-5)121-100(113)81-71-59-53-47-41-38-32-26-20-14-8-2)105(104(96(88-109)123-106)125-126(116,118-89-91-73-63-61-64-74-91)119-90-92-75-65-62-66-76-92)124-102(115)87-95(79-69-57-51-45-36-30-24-18-12-6)122-101(114)82-72-60-54-48-42-39-33-27-21-15-9-3/h61-66,73-76,93-96,103-106,109H,7-60,67-72,77-90H2,1-6H3,(H,107,110)(H,108,111)/t93-,94-,95-,96-,103-,104-,105-,106-/m1/s1. The number of aliphatic hydroxyl groups excluding tert-OH is 1. The van der Waals surface area contributed by atoms with Gasteiger partial charge in [0.2, 0.25) is 11.8 Å². The van der Waals surface area contributed by atoms with E-state index in [4.69, 9.17) is 42.0 Å². The smallest absolute Gasteiger partial charge is 0.462 e. The molecule has 1 heterocycles. The highest BCUT2D eigenvalue weighted by Gasteiger charge is 2.53. The maximum atomic E-state index is 15.8. The largest absolute Gasteiger partial charge is 0.475 e. The lowest BCUT2D eigenvalue weighted by Gasteiger charge is -2.45. The predicted octanol–water partition coefficient (Wildman–Crippen LogP) is 28.9. The SMILES string of the molecule is CCCCCCCCCCCCCC(=O)O[C@H](CCCCCCCCCCC)CC(=O)NCCO[C@@H]1O[C@H](CO)[C@@H](OP(=O)(OCc2ccccc2)OCc2ccccc2)[C@H](OC(=O)C[C@@H](CCCCCCCCCCC)OC(=O)CCCCCCCCCCCCC)[C@H]1NC(=O)C[C@@H](CCCCCCCCCCC)OC(=O)CCCCCCCCCCCCC. The second-order valence-electron chi connectivity index (χ2n) is 36.7. The van der Waals surface area contributed by atoms with E-state index in [1.807, 2.05) is 36.4 Å². The highest BCUT2D eigenvalue weighted by Crippen LogP contribution is 2.54. The van der Waals surface area contributed by atoms with Crippen molar-refractivity contribution in [1.82, 2.24) is 10.6 Å². The minimum absolute atomic E-state index is 0.0686. The molecule has 728 valence electrons. The number of aliphatic hydroxyl groups is 1. The third-order valence-corrected chi connectivity index (χ3v) is 26.2. The molecule has 3 N–H and O–H groups in total. The van der Waals surface area contributed by atoms with Gasteiger partial charge < -0.3 is 44.2 Å². The Morgan fingerprint density at radius 3 is 0.952 bits per heavy atom. The summed E-state index contributed by atoms with van der Waals surface area (Å²) < 4.78 is 73.9. The lowest BCUT2D eigenvalue weighted by Crippen LogP contribution is -2.66. The van der Waals surface area contributed by atoms with Gasteiger partial charge in [0.25, 0.3) is 0 Å². The molecule has 0 bridgehead atoms. The molecular formula is C106H187N2O17P. The summed E-state index contributed by atoms with van der Waals surface area (Å²) in [6.45, 7) is 11.7. The minimum atomic E-state index is -4.86. The van der Waals surface area contributed by atoms with E-state index >= 15 is 14.2 Å². The predicted molar refractivity (Wildman–Crippen MR) is 514 cm³/mol. The molecule has 1 fully saturated rings. The summed E-state index contributed by atoms with van der Waals surface area (Å²) in [5.41, 5.74) is 1.27. The van der Waals surface area contributed by atoms with E-state index in [2.05, 4.69) is 52.2 Å². The topological polar surface area (TPSA) is 247 Å². The Morgan fingerprint density at radius 1 is 0.357 bits per heavy atom. The normalized spacial score (nSPS) is 16.0. The molecule has 8 atom stereocenters. The molecular weight excluding hydrogens is 1600 g/mol. The number of carbonyl (C=O) groups excluding carboxylic acids is 6. The summed E-state index contributed by atoms with van der Waals surface area (Å²) in [5.74, 6) is -2.93. The van der Waals surface area contributed by atoms with Gasteiger partial charge in [-0.15, -0.1) is 0 Å². The molecule has 1 aliphatic rings. The zero-order valence-electron chi connectivity index (χ0n) is 81.1. The fourth-order valence-corrected chi connectivity index (χ4v) is 18.4. The molecule has 2 aromatic carbocycles. The second kappa shape index (κ2) is 82.2. The number of hydrogen-bond donors (Lipinski definition) is 3. The molecule has 0 saturated carbocycles. The van der Waals surface area contributed by atoms with Crippen molar-refractivity contribution in [2.75, 3.05) is 19.8 Å². The van der Waals surface area contributed by atoms with Crippen LogP contribution in [-0.4, -0.2) is 110 Å². The van der Waals surface area contributed by atoms with Crippen LogP contribution in [0.2, 0.25) is 0 Å². The summed E-state index contributed by atoms with van der Waals surface area (Å²) in [5, 5.41) is 17.8. The van der Waals surface area contributed by atoms with Crippen LogP contribution in [-0.2, 0) is 88.5 Å². The van der Waals surface area contributed by atoms with Crippen molar-refractivity contribution in [1.29, 1.82) is 0 Å². The van der Waals surface area contributed by atoms with Crippen LogP contribution in [0.1, 0.15) is 496 Å². The van der Waals surface area contributed by atoms with Crippen molar-refractivity contribution in [2.24, 2.45) is 0 Å². The van der Waals surface area contributed by atoms with E-state index < -0.39 is 87.7 Å². The van der Waals surface area contributed by atoms with Crippen molar-refractivity contribution in [2.45, 2.75) is 547 Å². The number of carbonyl (C=O) groups is 6. The Bertz CT molecular complexity index is 2880. The Morgan fingerprint density at radius 2 is 0.643 bits per heavy atom. The highest BCUT2D eigenvalue weighted by molar-refractivity contribution is 7.48. The first-order chi connectivity index (χ1) is 61.7. The molecule has 20 heteroatoms. The van der Waals surface area contributed by atoms with Crippen LogP contribution in [0, 0.1) is 0 Å². The highest BCUT2D eigenvalue weighted by atomic mass is 31.2. The molecule has 0 spiro atoms. The monoisotopic (exact) mass is 1790 g/mol. The van der Waals surface area contributed by atoms with Gasteiger partial charge in [0.1, 0.15) is 36.6 Å². The fraction of sp³-hybridized carbons (Fsp3) is 0.830. The maximum Gasteiger partial charge on any atom is 0.475 e. The summed E-state index contributed by atoms with van der Waals surface area (Å²) >= 11 is 0. The Balaban J connectivity index is 2.15. The molecule has 19 nitrogen and oxygen atoms in total. The van der Waals surface area contributed by atoms with Gasteiger partial charge in [0.05, 0.1) is 45.7 Å². The van der Waals surface area contributed by atoms with Gasteiger partial charge in [-0.2, -0.15) is 0 Å². The zero-order chi connectivity index (χ0) is 90.9. The van der Waals surface area contributed by atoms with E-state index in [1.54, 1.807) is 24.3 Å². The Hall–Kier alpha value is -4.75. The first-order valence-corrected chi connectivity index (χ1v) is 54.0. The first kappa shape index (κ1) is 115. The number of benzene rings is 2. The van der Waals surface area contributed by atoms with Crippen molar-refractivity contribution in [3.63, 3.8) is 0 Å². The van der Waals surface area contributed by atoms with Gasteiger partial charge in [-0.3, -0.25) is 42.3 Å². The molecule has 0 unspecified atom stereocenters. The van der Waals surface area contributed by atoms with Crippen LogP contribution in [0.15, 0.2) is 60.7 Å². The van der Waals surface area contributed by atoms with Crippen LogP contribution < -0.4 is 10.6 Å². The Labute approximate surface area is 768 Å². The van der Waals surface area contributed by atoms with Crippen molar-refractivity contribution in [3.05, 3.63) is 71.8 Å². The second-order valence-corrected chi connectivity index (χ2v) is 38.3. The van der Waals surface area contributed by atoms with Crippen LogP contribution >= 0.6 is 7.82 Å². The number of phosphoric acid groups is 1. The number of hydrogen-bond acceptors (Lipinski definition) is 17. The average molecular weight is 1790 g/mol. The molecule has 1 aliphatic heterocycles. The molecule has 126 heavy (non-hydrogen) atoms. The molecule has 3 rings (SSSR count). The van der Waals surface area contributed by atoms with E-state index in [0.717, 1.165) is 141 Å². The van der Waals surface area contributed by atoms with Gasteiger partial charge in [0, 0.05) is 25.8 Å². The number of esters is 4. The van der Waals surface area contributed by atoms with E-state index in [0.29, 0.717) is 56.1 Å². The van der Waals surface area contributed by atoms with Crippen LogP contribution in [0.3, 0.4) is 0 Å². The van der Waals surface area contributed by atoms with Gasteiger partial charge >= 0.3 is 31.7 Å². The van der Waals surface area contributed by atoms with E-state index in [1.165, 1.54) is 218 Å². The summed E-state index contributed by atoms with van der Waals surface area (Å²) in [7, 11) is -4.86. The van der Waals surface area contributed by atoms with Gasteiger partial charge in [0.15, 0.2) is 12.4 Å². The van der Waals surface area contributed by atoms with Crippen molar-refractivity contribution in [3.8, 4) is 0 Å². The third kappa shape index (κ3) is 64.1. The fourth-order valence-electron chi connectivity index (χ4n) is 17.0. The van der Waals surface area contributed by atoms with Crippen molar-refractivity contribution >= 4 is 43.5 Å². The molecule has 0 aromatic heterocycles. The quantitative estimate of drug-likeness (QED) is 0.0241. The average Bonchev–Trinajstić information content (AvgIpc) is 0.774. The van der Waals surface area contributed by atoms with Gasteiger partial charge in [-0.05, 0) is 68.9 Å². The molecule has 0 aliphatic carbocycles. The zero-order valence-corrected chi connectivity index (χ0v) is 82.0. The number of ether oxygens (including phenoxy) is 6. The third-order valence-electron chi connectivity index (χ3n) is 24.8.